The van der Waals surface area contributed by atoms with Gasteiger partial charge in [0, 0.05) is 27.6 Å². The summed E-state index contributed by atoms with van der Waals surface area (Å²) in [5.74, 6) is 0.324. The van der Waals surface area contributed by atoms with Crippen LogP contribution in [0.25, 0.3) is 22.0 Å². The van der Waals surface area contributed by atoms with Crippen molar-refractivity contribution in [2.75, 3.05) is 5.32 Å². The lowest BCUT2D eigenvalue weighted by Crippen LogP contribution is -2.20. The van der Waals surface area contributed by atoms with Crippen molar-refractivity contribution in [1.29, 1.82) is 0 Å². The van der Waals surface area contributed by atoms with Gasteiger partial charge in [-0.25, -0.2) is 14.8 Å². The van der Waals surface area contributed by atoms with Gasteiger partial charge in [-0.05, 0) is 37.3 Å². The van der Waals surface area contributed by atoms with Crippen LogP contribution < -0.4 is 16.5 Å². The van der Waals surface area contributed by atoms with Gasteiger partial charge in [-0.2, -0.15) is 0 Å². The summed E-state index contributed by atoms with van der Waals surface area (Å²) in [7, 11) is 0. The fraction of sp³-hybridized carbons (Fsp3) is 0.111. The molecule has 7 nitrogen and oxygen atoms in total. The number of hydrogen-bond donors (Lipinski definition) is 2. The highest BCUT2D eigenvalue weighted by molar-refractivity contribution is 6.31. The second kappa shape index (κ2) is 6.27. The minimum atomic E-state index is -0.462. The van der Waals surface area contributed by atoms with Crippen LogP contribution in [0.4, 0.5) is 5.95 Å². The third kappa shape index (κ3) is 3.04. The molecule has 0 bridgehead atoms. The fourth-order valence-electron chi connectivity index (χ4n) is 2.73. The van der Waals surface area contributed by atoms with E-state index in [9.17, 15) is 9.59 Å². The number of anilines is 1. The van der Waals surface area contributed by atoms with E-state index in [1.165, 1.54) is 12.3 Å². The zero-order chi connectivity index (χ0) is 18.3. The summed E-state index contributed by atoms with van der Waals surface area (Å²) in [4.78, 5) is 34.9. The summed E-state index contributed by atoms with van der Waals surface area (Å²) in [6, 6.07) is 9.57. The highest BCUT2D eigenvalue weighted by Gasteiger charge is 2.13. The van der Waals surface area contributed by atoms with Gasteiger partial charge in [-0.3, -0.25) is 4.79 Å². The van der Waals surface area contributed by atoms with Crippen molar-refractivity contribution in [3.63, 3.8) is 0 Å². The van der Waals surface area contributed by atoms with Crippen molar-refractivity contribution >= 4 is 39.6 Å². The monoisotopic (exact) mass is 368 g/mol. The first kappa shape index (κ1) is 16.3. The predicted molar refractivity (Wildman–Crippen MR) is 99.7 cm³/mol. The van der Waals surface area contributed by atoms with Crippen molar-refractivity contribution in [3.05, 3.63) is 74.0 Å². The first-order valence-electron chi connectivity index (χ1n) is 7.85. The first-order chi connectivity index (χ1) is 12.5. The number of halogens is 1. The second-order valence-electron chi connectivity index (χ2n) is 5.85. The molecule has 26 heavy (non-hydrogen) atoms. The Hall–Kier alpha value is -3.19. The smallest absolute Gasteiger partial charge is 0.336 e. The molecule has 1 aromatic carbocycles. The Morgan fingerprint density at radius 2 is 2.04 bits per heavy atom. The van der Waals surface area contributed by atoms with Gasteiger partial charge < -0.3 is 14.7 Å². The predicted octanol–water partition coefficient (Wildman–Crippen LogP) is 3.25. The van der Waals surface area contributed by atoms with Crippen molar-refractivity contribution < 1.29 is 4.42 Å². The Bertz CT molecular complexity index is 1250. The van der Waals surface area contributed by atoms with Crippen LogP contribution in [0.15, 0.2) is 56.6 Å². The van der Waals surface area contributed by atoms with E-state index >= 15 is 0 Å². The van der Waals surface area contributed by atoms with Crippen molar-refractivity contribution in [2.45, 2.75) is 13.0 Å². The van der Waals surface area contributed by atoms with Crippen LogP contribution in [0, 0.1) is 0 Å². The summed E-state index contributed by atoms with van der Waals surface area (Å²) >= 11 is 6.03. The van der Waals surface area contributed by atoms with Gasteiger partial charge in [0.05, 0.1) is 12.2 Å². The average molecular weight is 369 g/mol. The number of benzene rings is 1. The maximum Gasteiger partial charge on any atom is 0.336 e. The Labute approximate surface area is 151 Å². The first-order valence-corrected chi connectivity index (χ1v) is 8.23. The van der Waals surface area contributed by atoms with E-state index in [4.69, 9.17) is 16.0 Å². The van der Waals surface area contributed by atoms with E-state index in [2.05, 4.69) is 20.3 Å². The molecule has 1 atom stereocenters. The highest BCUT2D eigenvalue weighted by Crippen LogP contribution is 2.21. The lowest BCUT2D eigenvalue weighted by Gasteiger charge is -2.14. The Kier molecular flexibility index (Phi) is 3.93. The highest BCUT2D eigenvalue weighted by atomic mass is 35.5. The van der Waals surface area contributed by atoms with Gasteiger partial charge in [0.1, 0.15) is 5.52 Å². The van der Waals surface area contributed by atoms with Crippen LogP contribution in [0.2, 0.25) is 5.02 Å². The Morgan fingerprint density at radius 3 is 2.88 bits per heavy atom. The molecule has 3 aromatic heterocycles. The number of H-pyrrole nitrogens is 1. The number of nitrogens with one attached hydrogen (secondary N) is 2. The van der Waals surface area contributed by atoms with E-state index in [0.717, 1.165) is 5.39 Å². The van der Waals surface area contributed by atoms with Gasteiger partial charge in [0.2, 0.25) is 5.95 Å². The number of rotatable bonds is 3. The van der Waals surface area contributed by atoms with Crippen LogP contribution in [0.1, 0.15) is 18.5 Å². The van der Waals surface area contributed by atoms with E-state index in [1.807, 2.05) is 6.92 Å². The third-order valence-electron chi connectivity index (χ3n) is 4.02. The van der Waals surface area contributed by atoms with Crippen LogP contribution in [0.3, 0.4) is 0 Å². The zero-order valence-corrected chi connectivity index (χ0v) is 14.4. The van der Waals surface area contributed by atoms with E-state index in [-0.39, 0.29) is 11.6 Å². The van der Waals surface area contributed by atoms with Crippen molar-refractivity contribution in [3.8, 4) is 0 Å². The molecule has 2 N–H and O–H groups in total. The molecular weight excluding hydrogens is 356 g/mol. The molecule has 4 aromatic rings. The molecule has 0 fully saturated rings. The van der Waals surface area contributed by atoms with E-state index in [1.54, 1.807) is 30.3 Å². The maximum atomic E-state index is 12.4. The molecule has 0 spiro atoms. The minimum Gasteiger partial charge on any atom is -0.419 e. The number of fused-ring (bicyclic) bond motifs is 2. The lowest BCUT2D eigenvalue weighted by molar-refractivity contribution is 0.558. The van der Waals surface area contributed by atoms with Crippen molar-refractivity contribution in [2.24, 2.45) is 0 Å². The third-order valence-corrected chi connectivity index (χ3v) is 4.25. The molecule has 0 aliphatic heterocycles. The van der Waals surface area contributed by atoms with Crippen LogP contribution in [-0.4, -0.2) is 15.0 Å². The number of aromatic amines is 1. The summed E-state index contributed by atoms with van der Waals surface area (Å²) in [6.45, 7) is 1.83. The molecule has 8 heteroatoms. The number of pyridine rings is 1. The van der Waals surface area contributed by atoms with Gasteiger partial charge in [-0.15, -0.1) is 0 Å². The zero-order valence-electron chi connectivity index (χ0n) is 13.6. The Balaban J connectivity index is 1.69. The molecule has 0 aliphatic rings. The molecule has 3 heterocycles. The Morgan fingerprint density at radius 1 is 1.19 bits per heavy atom. The maximum absolute atomic E-state index is 12.4. The lowest BCUT2D eigenvalue weighted by atomic mass is 10.1. The van der Waals surface area contributed by atoms with Gasteiger partial charge in [0.25, 0.3) is 5.56 Å². The second-order valence-corrected chi connectivity index (χ2v) is 6.29. The topological polar surface area (TPSA) is 101 Å². The van der Waals surface area contributed by atoms with E-state index < -0.39 is 5.63 Å². The molecular formula is C18H13ClN4O3. The molecule has 0 amide bonds. The van der Waals surface area contributed by atoms with E-state index in [0.29, 0.717) is 33.2 Å². The number of nitrogens with zero attached hydrogens (tertiary/aromatic N) is 2. The normalized spacial score (nSPS) is 12.4. The molecule has 130 valence electrons. The molecule has 0 saturated carbocycles. The summed E-state index contributed by atoms with van der Waals surface area (Å²) in [5, 5.41) is 4.52. The largest absolute Gasteiger partial charge is 0.419 e. The number of hydrogen-bond acceptors (Lipinski definition) is 6. The summed E-state index contributed by atoms with van der Waals surface area (Å²) in [6.07, 6.45) is 1.42. The minimum absolute atomic E-state index is 0.202. The van der Waals surface area contributed by atoms with Crippen LogP contribution in [-0.2, 0) is 0 Å². The quantitative estimate of drug-likeness (QED) is 0.575. The van der Waals surface area contributed by atoms with Crippen LogP contribution >= 0.6 is 11.6 Å². The molecule has 0 aliphatic carbocycles. The van der Waals surface area contributed by atoms with Crippen LogP contribution in [0.5, 0.6) is 0 Å². The van der Waals surface area contributed by atoms with Gasteiger partial charge >= 0.3 is 5.63 Å². The summed E-state index contributed by atoms with van der Waals surface area (Å²) < 4.78 is 5.01. The van der Waals surface area contributed by atoms with Crippen molar-refractivity contribution in [1.82, 2.24) is 15.0 Å². The fourth-order valence-corrected chi connectivity index (χ4v) is 2.91. The molecule has 0 saturated heterocycles. The molecule has 0 unspecified atom stereocenters. The average Bonchev–Trinajstić information content (AvgIpc) is 2.61. The van der Waals surface area contributed by atoms with Gasteiger partial charge in [-0.1, -0.05) is 11.6 Å². The molecule has 4 rings (SSSR count). The molecule has 0 radical (unpaired) electrons. The standard InChI is InChI=1S/C18H13ClN4O3/c1-9(12-7-10-6-11(19)2-3-13(10)22-17(12)25)21-18-20-8-15-14(23-18)4-5-16(24)26-15/h2-9H,1H3,(H,22,25)(H,20,21,23)/t9-/m0/s1. The summed E-state index contributed by atoms with van der Waals surface area (Å²) in [5.41, 5.74) is 1.38. The number of aromatic nitrogens is 3. The SMILES string of the molecule is C[C@H](Nc1ncc2oc(=O)ccc2n1)c1cc2cc(Cl)ccc2[nH]c1=O. The van der Waals surface area contributed by atoms with Gasteiger partial charge in [0.15, 0.2) is 5.58 Å².